The van der Waals surface area contributed by atoms with Crippen molar-refractivity contribution in [2.45, 2.75) is 26.8 Å². The van der Waals surface area contributed by atoms with Gasteiger partial charge in [0, 0.05) is 12.1 Å². The van der Waals surface area contributed by atoms with E-state index in [-0.39, 0.29) is 0 Å². The van der Waals surface area contributed by atoms with Gasteiger partial charge in [0.1, 0.15) is 11.6 Å². The van der Waals surface area contributed by atoms with Gasteiger partial charge >= 0.3 is 0 Å². The number of fused-ring (bicyclic) bond motifs is 1. The van der Waals surface area contributed by atoms with E-state index in [1.54, 1.807) is 21.3 Å². The molecule has 0 aliphatic carbocycles. The minimum Gasteiger partial charge on any atom is -0.493 e. The van der Waals surface area contributed by atoms with Gasteiger partial charge in [-0.2, -0.15) is 0 Å². The first-order valence-corrected chi connectivity index (χ1v) is 11.0. The van der Waals surface area contributed by atoms with E-state index in [1.165, 1.54) is 5.56 Å². The van der Waals surface area contributed by atoms with Crippen LogP contribution >= 0.6 is 0 Å². The summed E-state index contributed by atoms with van der Waals surface area (Å²) in [6, 6.07) is 18.3. The number of methoxy groups -OCH3 is 3. The molecule has 33 heavy (non-hydrogen) atoms. The molecule has 0 saturated carbocycles. The van der Waals surface area contributed by atoms with E-state index in [1.807, 2.05) is 36.4 Å². The van der Waals surface area contributed by atoms with Crippen LogP contribution in [-0.2, 0) is 6.54 Å². The molecule has 0 unspecified atom stereocenters. The molecule has 0 atom stereocenters. The Kier molecular flexibility index (Phi) is 6.73. The molecule has 4 aromatic rings. The van der Waals surface area contributed by atoms with Crippen LogP contribution in [0.2, 0.25) is 0 Å². The summed E-state index contributed by atoms with van der Waals surface area (Å²) in [5, 5.41) is 0. The van der Waals surface area contributed by atoms with Crippen molar-refractivity contribution in [3.05, 3.63) is 65.7 Å². The Morgan fingerprint density at radius 3 is 2.21 bits per heavy atom. The van der Waals surface area contributed by atoms with Crippen molar-refractivity contribution >= 4 is 11.0 Å². The zero-order valence-electron chi connectivity index (χ0n) is 19.8. The van der Waals surface area contributed by atoms with Crippen molar-refractivity contribution in [3.8, 4) is 34.4 Å². The first-order chi connectivity index (χ1) is 16.0. The van der Waals surface area contributed by atoms with Gasteiger partial charge in [-0.1, -0.05) is 29.8 Å². The van der Waals surface area contributed by atoms with E-state index in [0.717, 1.165) is 46.7 Å². The molecule has 0 bridgehead atoms. The molecule has 4 rings (SSSR count). The fourth-order valence-electron chi connectivity index (χ4n) is 4.10. The Balaban J connectivity index is 1.64. The van der Waals surface area contributed by atoms with Crippen LogP contribution in [0.1, 0.15) is 17.5 Å². The first kappa shape index (κ1) is 22.5. The van der Waals surface area contributed by atoms with Crippen molar-refractivity contribution in [1.29, 1.82) is 0 Å². The number of rotatable bonds is 9. The van der Waals surface area contributed by atoms with Crippen LogP contribution in [0.15, 0.2) is 54.6 Å². The Bertz CT molecular complexity index is 1240. The molecule has 0 aliphatic rings. The van der Waals surface area contributed by atoms with Gasteiger partial charge in [0.05, 0.1) is 39.0 Å². The SMILES string of the molecule is COc1cc(-c2nc3ccccc3n2CCCOc2ccc(C)cc2C)cc(OC)c1OC. The molecule has 6 nitrogen and oxygen atoms in total. The average Bonchev–Trinajstić information content (AvgIpc) is 3.20. The van der Waals surface area contributed by atoms with Crippen molar-refractivity contribution in [2.24, 2.45) is 0 Å². The second-order valence-electron chi connectivity index (χ2n) is 7.96. The average molecular weight is 447 g/mol. The lowest BCUT2D eigenvalue weighted by molar-refractivity contribution is 0.301. The van der Waals surface area contributed by atoms with Crippen LogP contribution in [0.5, 0.6) is 23.0 Å². The third-order valence-corrected chi connectivity index (χ3v) is 5.69. The summed E-state index contributed by atoms with van der Waals surface area (Å²) < 4.78 is 24.9. The molecule has 0 amide bonds. The molecule has 0 fully saturated rings. The number of aromatic nitrogens is 2. The Labute approximate surface area is 194 Å². The molecule has 0 saturated heterocycles. The Morgan fingerprint density at radius 1 is 0.818 bits per heavy atom. The second kappa shape index (κ2) is 9.86. The number of nitrogens with zero attached hydrogens (tertiary/aromatic N) is 2. The maximum absolute atomic E-state index is 6.06. The zero-order valence-corrected chi connectivity index (χ0v) is 19.8. The standard InChI is InChI=1S/C27H30N2O4/c1-18-11-12-23(19(2)15-18)33-14-8-13-29-22-10-7-6-9-21(22)28-27(29)20-16-24(30-3)26(32-5)25(17-20)31-4/h6-7,9-12,15-17H,8,13-14H2,1-5H3. The predicted octanol–water partition coefficient (Wildman–Crippen LogP) is 5.82. The highest BCUT2D eigenvalue weighted by atomic mass is 16.5. The number of aryl methyl sites for hydroxylation is 3. The van der Waals surface area contributed by atoms with Crippen LogP contribution in [0.4, 0.5) is 0 Å². The lowest BCUT2D eigenvalue weighted by Crippen LogP contribution is -2.07. The molecule has 172 valence electrons. The molecule has 1 heterocycles. The van der Waals surface area contributed by atoms with Crippen LogP contribution in [-0.4, -0.2) is 37.5 Å². The van der Waals surface area contributed by atoms with E-state index in [4.69, 9.17) is 23.9 Å². The largest absolute Gasteiger partial charge is 0.493 e. The summed E-state index contributed by atoms with van der Waals surface area (Å²) in [6.45, 7) is 5.54. The van der Waals surface area contributed by atoms with E-state index in [2.05, 4.69) is 36.6 Å². The fourth-order valence-corrected chi connectivity index (χ4v) is 4.10. The maximum Gasteiger partial charge on any atom is 0.203 e. The smallest absolute Gasteiger partial charge is 0.203 e. The van der Waals surface area contributed by atoms with Gasteiger partial charge in [0.25, 0.3) is 0 Å². The Hall–Kier alpha value is -3.67. The number of hydrogen-bond acceptors (Lipinski definition) is 5. The highest BCUT2D eigenvalue weighted by molar-refractivity contribution is 5.81. The second-order valence-corrected chi connectivity index (χ2v) is 7.96. The topological polar surface area (TPSA) is 54.7 Å². The summed E-state index contributed by atoms with van der Waals surface area (Å²) in [4.78, 5) is 4.92. The molecule has 0 radical (unpaired) electrons. The fraction of sp³-hybridized carbons (Fsp3) is 0.296. The normalized spacial score (nSPS) is 10.9. The van der Waals surface area contributed by atoms with Gasteiger partial charge in [0.2, 0.25) is 5.75 Å². The minimum atomic E-state index is 0.563. The minimum absolute atomic E-state index is 0.563. The number of hydrogen-bond donors (Lipinski definition) is 0. The number of imidazole rings is 1. The highest BCUT2D eigenvalue weighted by Crippen LogP contribution is 2.41. The molecular formula is C27H30N2O4. The summed E-state index contributed by atoms with van der Waals surface area (Å²) in [5.74, 6) is 3.54. The monoisotopic (exact) mass is 446 g/mol. The van der Waals surface area contributed by atoms with Gasteiger partial charge in [-0.15, -0.1) is 0 Å². The molecular weight excluding hydrogens is 416 g/mol. The van der Waals surface area contributed by atoms with Crippen LogP contribution in [0.25, 0.3) is 22.4 Å². The third kappa shape index (κ3) is 4.60. The number of para-hydroxylation sites is 2. The zero-order chi connectivity index (χ0) is 23.4. The molecule has 0 N–H and O–H groups in total. The van der Waals surface area contributed by atoms with E-state index >= 15 is 0 Å². The summed E-state index contributed by atoms with van der Waals surface area (Å²) in [6.07, 6.45) is 0.838. The van der Waals surface area contributed by atoms with Crippen LogP contribution in [0, 0.1) is 13.8 Å². The Morgan fingerprint density at radius 2 is 1.55 bits per heavy atom. The van der Waals surface area contributed by atoms with Crippen molar-refractivity contribution in [2.75, 3.05) is 27.9 Å². The van der Waals surface area contributed by atoms with Gasteiger partial charge in [0.15, 0.2) is 11.5 Å². The van der Waals surface area contributed by atoms with Gasteiger partial charge in [-0.05, 0) is 56.2 Å². The summed E-state index contributed by atoms with van der Waals surface area (Å²) in [5.41, 5.74) is 5.31. The van der Waals surface area contributed by atoms with Crippen LogP contribution < -0.4 is 18.9 Å². The van der Waals surface area contributed by atoms with Gasteiger partial charge in [-0.25, -0.2) is 4.98 Å². The van der Waals surface area contributed by atoms with E-state index in [9.17, 15) is 0 Å². The number of ether oxygens (including phenoxy) is 4. The third-order valence-electron chi connectivity index (χ3n) is 5.69. The molecule has 0 spiro atoms. The lowest BCUT2D eigenvalue weighted by Gasteiger charge is -2.15. The highest BCUT2D eigenvalue weighted by Gasteiger charge is 2.18. The maximum atomic E-state index is 6.06. The molecule has 0 aliphatic heterocycles. The first-order valence-electron chi connectivity index (χ1n) is 11.0. The van der Waals surface area contributed by atoms with Crippen molar-refractivity contribution in [1.82, 2.24) is 9.55 Å². The predicted molar refractivity (Wildman–Crippen MR) is 131 cm³/mol. The van der Waals surface area contributed by atoms with E-state index < -0.39 is 0 Å². The summed E-state index contributed by atoms with van der Waals surface area (Å²) in [7, 11) is 4.84. The van der Waals surface area contributed by atoms with Gasteiger partial charge < -0.3 is 23.5 Å². The summed E-state index contributed by atoms with van der Waals surface area (Å²) >= 11 is 0. The van der Waals surface area contributed by atoms with E-state index in [0.29, 0.717) is 23.9 Å². The number of benzene rings is 3. The van der Waals surface area contributed by atoms with Crippen molar-refractivity contribution in [3.63, 3.8) is 0 Å². The van der Waals surface area contributed by atoms with Crippen molar-refractivity contribution < 1.29 is 18.9 Å². The van der Waals surface area contributed by atoms with Gasteiger partial charge in [-0.3, -0.25) is 0 Å². The van der Waals surface area contributed by atoms with Crippen LogP contribution in [0.3, 0.4) is 0 Å². The quantitative estimate of drug-likeness (QED) is 0.304. The molecule has 1 aromatic heterocycles. The molecule has 6 heteroatoms. The molecule has 3 aromatic carbocycles. The lowest BCUT2D eigenvalue weighted by atomic mass is 10.1.